The molecular weight excluding hydrogens is 256 g/mol. The number of allylic oxidation sites excluding steroid dienone is 1. The fourth-order valence-electron chi connectivity index (χ4n) is 1.87. The molecule has 1 heterocycles. The van der Waals surface area contributed by atoms with Gasteiger partial charge in [0.05, 0.1) is 13.4 Å². The maximum absolute atomic E-state index is 10.4. The molecule has 0 amide bonds. The normalized spacial score (nSPS) is 10.8. The van der Waals surface area contributed by atoms with Gasteiger partial charge in [-0.15, -0.1) is 0 Å². The van der Waals surface area contributed by atoms with E-state index in [1.165, 1.54) is 0 Å². The lowest BCUT2D eigenvalue weighted by Crippen LogP contribution is -2.02. The molecular formula is C15H16N2O3. The number of imidazole rings is 1. The summed E-state index contributed by atoms with van der Waals surface area (Å²) in [4.78, 5) is 14.5. The smallest absolute Gasteiger partial charge is 0.327 e. The molecule has 5 heteroatoms. The van der Waals surface area contributed by atoms with Crippen LogP contribution in [0.25, 0.3) is 0 Å². The highest BCUT2D eigenvalue weighted by atomic mass is 16.5. The number of carboxylic acid groups (broad SMARTS) is 1. The van der Waals surface area contributed by atoms with Gasteiger partial charge in [-0.1, -0.05) is 18.2 Å². The fourth-order valence-corrected chi connectivity index (χ4v) is 1.87. The van der Waals surface area contributed by atoms with Crippen LogP contribution in [0.2, 0.25) is 0 Å². The van der Waals surface area contributed by atoms with Crippen LogP contribution in [-0.4, -0.2) is 27.7 Å². The molecule has 2 aromatic rings. The van der Waals surface area contributed by atoms with Gasteiger partial charge in [-0.2, -0.15) is 0 Å². The summed E-state index contributed by atoms with van der Waals surface area (Å²) in [5.41, 5.74) is 2.10. The van der Waals surface area contributed by atoms with Crippen molar-refractivity contribution in [2.24, 2.45) is 0 Å². The molecule has 1 aromatic carbocycles. The van der Waals surface area contributed by atoms with Crippen LogP contribution in [0.15, 0.2) is 48.9 Å². The van der Waals surface area contributed by atoms with Crippen LogP contribution in [0.4, 0.5) is 0 Å². The number of hydrogen-bond donors (Lipinski definition) is 1. The van der Waals surface area contributed by atoms with Gasteiger partial charge in [-0.3, -0.25) is 0 Å². The van der Waals surface area contributed by atoms with E-state index in [0.717, 1.165) is 23.1 Å². The highest BCUT2D eigenvalue weighted by molar-refractivity contribution is 5.79. The lowest BCUT2D eigenvalue weighted by atomic mass is 10.2. The summed E-state index contributed by atoms with van der Waals surface area (Å²) in [6.45, 7) is 0.695. The van der Waals surface area contributed by atoms with E-state index in [-0.39, 0.29) is 0 Å². The van der Waals surface area contributed by atoms with E-state index >= 15 is 0 Å². The number of hydrogen-bond acceptors (Lipinski definition) is 3. The molecule has 0 saturated carbocycles. The standard InChI is InChI=1S/C15H16N2O3/c1-20-14-7-5-12(6-8-14)10-17-11-16-9-13(17)3-2-4-15(18)19/h2,4-9,11H,3,10H2,1H3,(H,18,19)/b4-2+. The Morgan fingerprint density at radius 2 is 2.15 bits per heavy atom. The van der Waals surface area contributed by atoms with Crippen molar-refractivity contribution in [1.29, 1.82) is 0 Å². The topological polar surface area (TPSA) is 64.4 Å². The zero-order chi connectivity index (χ0) is 14.4. The largest absolute Gasteiger partial charge is 0.497 e. The molecule has 1 N–H and O–H groups in total. The number of rotatable bonds is 6. The second-order valence-corrected chi connectivity index (χ2v) is 4.31. The Morgan fingerprint density at radius 3 is 2.80 bits per heavy atom. The van der Waals surface area contributed by atoms with E-state index in [4.69, 9.17) is 9.84 Å². The van der Waals surface area contributed by atoms with E-state index < -0.39 is 5.97 Å². The summed E-state index contributed by atoms with van der Waals surface area (Å²) >= 11 is 0. The van der Waals surface area contributed by atoms with Crippen LogP contribution >= 0.6 is 0 Å². The Hall–Kier alpha value is -2.56. The van der Waals surface area contributed by atoms with Crippen molar-refractivity contribution in [3.8, 4) is 5.75 Å². The van der Waals surface area contributed by atoms with Crippen LogP contribution in [0.5, 0.6) is 5.75 Å². The zero-order valence-corrected chi connectivity index (χ0v) is 11.2. The van der Waals surface area contributed by atoms with Crippen molar-refractivity contribution in [3.63, 3.8) is 0 Å². The molecule has 1 aromatic heterocycles. The van der Waals surface area contributed by atoms with Gasteiger partial charge in [0.2, 0.25) is 0 Å². The molecule has 0 spiro atoms. The number of aromatic nitrogens is 2. The van der Waals surface area contributed by atoms with Crippen LogP contribution in [0.1, 0.15) is 11.3 Å². The lowest BCUT2D eigenvalue weighted by molar-refractivity contribution is -0.131. The summed E-state index contributed by atoms with van der Waals surface area (Å²) < 4.78 is 7.11. The van der Waals surface area contributed by atoms with Crippen molar-refractivity contribution in [2.45, 2.75) is 13.0 Å². The van der Waals surface area contributed by atoms with E-state index in [9.17, 15) is 4.79 Å². The van der Waals surface area contributed by atoms with Crippen LogP contribution in [0.3, 0.4) is 0 Å². The first-order chi connectivity index (χ1) is 9.69. The molecule has 5 nitrogen and oxygen atoms in total. The minimum Gasteiger partial charge on any atom is -0.497 e. The molecule has 0 atom stereocenters. The molecule has 2 rings (SSSR count). The second kappa shape index (κ2) is 6.56. The third kappa shape index (κ3) is 3.71. The number of carboxylic acids is 1. The number of carbonyl (C=O) groups is 1. The molecule has 20 heavy (non-hydrogen) atoms. The van der Waals surface area contributed by atoms with E-state index in [1.807, 2.05) is 28.8 Å². The number of aliphatic carboxylic acids is 1. The number of nitrogens with zero attached hydrogens (tertiary/aromatic N) is 2. The zero-order valence-electron chi connectivity index (χ0n) is 11.2. The van der Waals surface area contributed by atoms with Gasteiger partial charge >= 0.3 is 5.97 Å². The Balaban J connectivity index is 2.05. The SMILES string of the molecule is COc1ccc(Cn2cncc2C/C=C/C(=O)O)cc1. The van der Waals surface area contributed by atoms with Gasteiger partial charge in [-0.25, -0.2) is 9.78 Å². The fraction of sp³-hybridized carbons (Fsp3) is 0.200. The van der Waals surface area contributed by atoms with E-state index in [2.05, 4.69) is 4.98 Å². The predicted molar refractivity (Wildman–Crippen MR) is 74.8 cm³/mol. The van der Waals surface area contributed by atoms with Crippen LogP contribution < -0.4 is 4.74 Å². The maximum Gasteiger partial charge on any atom is 0.327 e. The summed E-state index contributed by atoms with van der Waals surface area (Å²) in [5, 5.41) is 8.57. The minimum atomic E-state index is -0.939. The summed E-state index contributed by atoms with van der Waals surface area (Å²) in [6.07, 6.45) is 6.79. The second-order valence-electron chi connectivity index (χ2n) is 4.31. The highest BCUT2D eigenvalue weighted by Crippen LogP contribution is 2.13. The number of benzene rings is 1. The molecule has 0 radical (unpaired) electrons. The first-order valence-electron chi connectivity index (χ1n) is 6.20. The Labute approximate surface area is 117 Å². The van der Waals surface area contributed by atoms with Crippen molar-refractivity contribution in [3.05, 3.63) is 60.2 Å². The molecule has 0 aliphatic carbocycles. The summed E-state index contributed by atoms with van der Waals surface area (Å²) in [7, 11) is 1.64. The van der Waals surface area contributed by atoms with Gasteiger partial charge < -0.3 is 14.4 Å². The van der Waals surface area contributed by atoms with Crippen molar-refractivity contribution >= 4 is 5.97 Å². The van der Waals surface area contributed by atoms with Gasteiger partial charge in [0, 0.05) is 30.9 Å². The minimum absolute atomic E-state index is 0.544. The Morgan fingerprint density at radius 1 is 1.40 bits per heavy atom. The van der Waals surface area contributed by atoms with Crippen molar-refractivity contribution in [2.75, 3.05) is 7.11 Å². The Kier molecular flexibility index (Phi) is 4.55. The molecule has 0 aliphatic heterocycles. The van der Waals surface area contributed by atoms with Crippen LogP contribution in [-0.2, 0) is 17.8 Å². The average Bonchev–Trinajstić information content (AvgIpc) is 2.87. The highest BCUT2D eigenvalue weighted by Gasteiger charge is 2.02. The van der Waals surface area contributed by atoms with Gasteiger partial charge in [-0.05, 0) is 17.7 Å². The molecule has 0 aliphatic rings. The Bertz CT molecular complexity index is 600. The quantitative estimate of drug-likeness (QED) is 0.818. The number of methoxy groups -OCH3 is 1. The third-order valence-corrected chi connectivity index (χ3v) is 2.90. The monoisotopic (exact) mass is 272 g/mol. The maximum atomic E-state index is 10.4. The van der Waals surface area contributed by atoms with Gasteiger partial charge in [0.1, 0.15) is 5.75 Å². The van der Waals surface area contributed by atoms with Crippen molar-refractivity contribution < 1.29 is 14.6 Å². The lowest BCUT2D eigenvalue weighted by Gasteiger charge is -2.07. The predicted octanol–water partition coefficient (Wildman–Crippen LogP) is 2.12. The molecule has 104 valence electrons. The van der Waals surface area contributed by atoms with Gasteiger partial charge in [0.25, 0.3) is 0 Å². The number of ether oxygens (including phenoxy) is 1. The summed E-state index contributed by atoms with van der Waals surface area (Å²) in [6, 6.07) is 7.82. The molecule has 0 bridgehead atoms. The molecule has 0 fully saturated rings. The van der Waals surface area contributed by atoms with Crippen LogP contribution in [0, 0.1) is 0 Å². The van der Waals surface area contributed by atoms with Crippen molar-refractivity contribution in [1.82, 2.24) is 9.55 Å². The first-order valence-corrected chi connectivity index (χ1v) is 6.20. The molecule has 0 unspecified atom stereocenters. The average molecular weight is 272 g/mol. The van der Waals surface area contributed by atoms with Gasteiger partial charge in [0.15, 0.2) is 0 Å². The molecule has 0 saturated heterocycles. The first kappa shape index (κ1) is 13.9. The summed E-state index contributed by atoms with van der Waals surface area (Å²) in [5.74, 6) is -0.116. The third-order valence-electron chi connectivity index (χ3n) is 2.90. The van der Waals surface area contributed by atoms with E-state index in [1.54, 1.807) is 25.7 Å². The van der Waals surface area contributed by atoms with E-state index in [0.29, 0.717) is 13.0 Å².